The monoisotopic (exact) mass is 507 g/mol. The normalized spacial score (nSPS) is 15.2. The fourth-order valence-electron chi connectivity index (χ4n) is 3.40. The smallest absolute Gasteiger partial charge is 0.328 e. The molecule has 0 saturated heterocycles. The Bertz CT molecular complexity index is 1120. The summed E-state index contributed by atoms with van der Waals surface area (Å²) in [6.07, 6.45) is -0.690. The maximum Gasteiger partial charge on any atom is 0.328 e. The Balaban J connectivity index is 2.28. The number of hydrogen-bond acceptors (Lipinski definition) is 8. The number of H-pyrrole nitrogens is 1. The van der Waals surface area contributed by atoms with E-state index in [1.165, 1.54) is 6.92 Å². The number of amides is 3. The van der Waals surface area contributed by atoms with E-state index in [1.807, 2.05) is 0 Å². The summed E-state index contributed by atoms with van der Waals surface area (Å²) in [4.78, 5) is 63.2. The summed E-state index contributed by atoms with van der Waals surface area (Å²) >= 11 is 0. The number of para-hydroxylation sites is 1. The number of nitrogens with one attached hydrogen (secondary N) is 4. The van der Waals surface area contributed by atoms with Gasteiger partial charge in [-0.05, 0) is 18.6 Å². The maximum atomic E-state index is 13.0. The number of carbonyl (C=O) groups excluding carboxylic acids is 3. The minimum absolute atomic E-state index is 0.113. The Morgan fingerprint density at radius 2 is 1.61 bits per heavy atom. The van der Waals surface area contributed by atoms with Crippen LogP contribution in [-0.2, 0) is 30.4 Å². The highest BCUT2D eigenvalue weighted by atomic mass is 16.4. The van der Waals surface area contributed by atoms with Crippen molar-refractivity contribution in [3.05, 3.63) is 36.0 Å². The minimum Gasteiger partial charge on any atom is -0.481 e. The lowest BCUT2D eigenvalue weighted by atomic mass is 10.0. The number of hydrogen-bond donors (Lipinski definition) is 9. The highest BCUT2D eigenvalue weighted by Crippen LogP contribution is 2.19. The van der Waals surface area contributed by atoms with Crippen LogP contribution in [0.25, 0.3) is 10.9 Å². The van der Waals surface area contributed by atoms with E-state index in [4.69, 9.17) is 15.9 Å². The molecule has 1 aromatic carbocycles. The van der Waals surface area contributed by atoms with Crippen molar-refractivity contribution in [3.63, 3.8) is 0 Å². The second kappa shape index (κ2) is 12.6. The van der Waals surface area contributed by atoms with Gasteiger partial charge in [-0.1, -0.05) is 18.2 Å². The molecule has 10 N–H and O–H groups in total. The van der Waals surface area contributed by atoms with Gasteiger partial charge in [-0.25, -0.2) is 4.79 Å². The first-order valence-electron chi connectivity index (χ1n) is 10.9. The molecule has 196 valence electrons. The Morgan fingerprint density at radius 1 is 0.972 bits per heavy atom. The molecule has 36 heavy (non-hydrogen) atoms. The number of fused-ring (bicyclic) bond motifs is 1. The molecule has 0 aliphatic rings. The summed E-state index contributed by atoms with van der Waals surface area (Å²) in [6.45, 7) is 0.289. The molecule has 5 atom stereocenters. The average Bonchev–Trinajstić information content (AvgIpc) is 3.22. The van der Waals surface area contributed by atoms with Crippen molar-refractivity contribution in [2.24, 2.45) is 5.73 Å². The molecule has 2 rings (SSSR count). The number of carbonyl (C=O) groups is 5. The van der Waals surface area contributed by atoms with E-state index in [0.717, 1.165) is 10.9 Å². The summed E-state index contributed by atoms with van der Waals surface area (Å²) in [5.74, 6) is -5.79. The summed E-state index contributed by atoms with van der Waals surface area (Å²) < 4.78 is 0. The number of aromatic amines is 1. The van der Waals surface area contributed by atoms with Crippen LogP contribution in [0.15, 0.2) is 30.5 Å². The Morgan fingerprint density at radius 3 is 2.19 bits per heavy atom. The van der Waals surface area contributed by atoms with Crippen molar-refractivity contribution < 1.29 is 44.4 Å². The van der Waals surface area contributed by atoms with E-state index in [1.54, 1.807) is 30.5 Å². The lowest BCUT2D eigenvalue weighted by Gasteiger charge is -2.26. The van der Waals surface area contributed by atoms with E-state index < -0.39 is 73.0 Å². The van der Waals surface area contributed by atoms with Crippen molar-refractivity contribution in [1.82, 2.24) is 20.9 Å². The lowest BCUT2D eigenvalue weighted by Crippen LogP contribution is -2.60. The number of aliphatic carboxylic acids is 2. The van der Waals surface area contributed by atoms with Crippen LogP contribution < -0.4 is 21.7 Å². The summed E-state index contributed by atoms with van der Waals surface area (Å²) in [5, 5.41) is 44.7. The molecule has 0 aliphatic carbocycles. The second-order valence-corrected chi connectivity index (χ2v) is 8.14. The van der Waals surface area contributed by atoms with Gasteiger partial charge in [0.05, 0.1) is 25.2 Å². The number of aliphatic hydroxyl groups excluding tert-OH is 2. The van der Waals surface area contributed by atoms with E-state index in [2.05, 4.69) is 20.9 Å². The van der Waals surface area contributed by atoms with Crippen LogP contribution in [0.5, 0.6) is 0 Å². The van der Waals surface area contributed by atoms with Gasteiger partial charge in [0.15, 0.2) is 0 Å². The van der Waals surface area contributed by atoms with Crippen LogP contribution in [0, 0.1) is 0 Å². The van der Waals surface area contributed by atoms with Crippen LogP contribution in [0.4, 0.5) is 0 Å². The number of carboxylic acid groups (broad SMARTS) is 2. The highest BCUT2D eigenvalue weighted by molar-refractivity contribution is 5.95. The van der Waals surface area contributed by atoms with Gasteiger partial charge in [0.1, 0.15) is 18.1 Å². The van der Waals surface area contributed by atoms with Crippen molar-refractivity contribution in [2.45, 2.75) is 50.0 Å². The van der Waals surface area contributed by atoms with Gasteiger partial charge in [-0.2, -0.15) is 0 Å². The Kier molecular flexibility index (Phi) is 9.90. The van der Waals surface area contributed by atoms with Gasteiger partial charge in [-0.15, -0.1) is 0 Å². The van der Waals surface area contributed by atoms with E-state index in [9.17, 15) is 34.2 Å². The zero-order chi connectivity index (χ0) is 27.0. The van der Waals surface area contributed by atoms with Gasteiger partial charge in [0, 0.05) is 23.5 Å². The van der Waals surface area contributed by atoms with Gasteiger partial charge >= 0.3 is 11.9 Å². The van der Waals surface area contributed by atoms with Gasteiger partial charge in [0.25, 0.3) is 0 Å². The third-order valence-electron chi connectivity index (χ3n) is 5.32. The van der Waals surface area contributed by atoms with Crippen LogP contribution in [0.3, 0.4) is 0 Å². The third kappa shape index (κ3) is 7.49. The molecule has 0 aliphatic heterocycles. The standard InChI is InChI=1S/C22H29N5O9/c1-10(29)18(27-19(32)13(23)7-17(30)31)21(34)25-15(20(33)26-16(9-28)22(35)36)6-11-8-24-14-5-3-2-4-12(11)14/h2-5,8,10,13,15-16,18,24,28-29H,6-7,9,23H2,1H3,(H,25,34)(H,26,33)(H,27,32)(H,30,31)(H,35,36). The Hall–Kier alpha value is -4.01. The molecular weight excluding hydrogens is 478 g/mol. The van der Waals surface area contributed by atoms with E-state index in [-0.39, 0.29) is 6.42 Å². The van der Waals surface area contributed by atoms with Crippen molar-refractivity contribution in [2.75, 3.05) is 6.61 Å². The van der Waals surface area contributed by atoms with Gasteiger partial charge < -0.3 is 47.1 Å². The first-order chi connectivity index (χ1) is 16.9. The first-order valence-corrected chi connectivity index (χ1v) is 10.9. The van der Waals surface area contributed by atoms with Crippen molar-refractivity contribution in [1.29, 1.82) is 0 Å². The van der Waals surface area contributed by atoms with Crippen LogP contribution >= 0.6 is 0 Å². The molecular formula is C22H29N5O9. The molecule has 3 amide bonds. The largest absolute Gasteiger partial charge is 0.481 e. The maximum absolute atomic E-state index is 13.0. The number of benzene rings is 1. The quantitative estimate of drug-likeness (QED) is 0.137. The molecule has 0 fully saturated rings. The van der Waals surface area contributed by atoms with Gasteiger partial charge in [0.2, 0.25) is 17.7 Å². The molecule has 5 unspecified atom stereocenters. The number of aliphatic hydroxyl groups is 2. The number of aromatic nitrogens is 1. The summed E-state index contributed by atoms with van der Waals surface area (Å²) in [5.41, 5.74) is 6.85. The van der Waals surface area contributed by atoms with E-state index in [0.29, 0.717) is 5.56 Å². The predicted octanol–water partition coefficient (Wildman–Crippen LogP) is -2.58. The second-order valence-electron chi connectivity index (χ2n) is 8.14. The molecule has 0 radical (unpaired) electrons. The fourth-order valence-corrected chi connectivity index (χ4v) is 3.40. The first kappa shape index (κ1) is 28.2. The minimum atomic E-state index is -1.64. The SMILES string of the molecule is CC(O)C(NC(=O)C(N)CC(=O)O)C(=O)NC(Cc1c[nH]c2ccccc12)C(=O)NC(CO)C(=O)O. The van der Waals surface area contributed by atoms with Crippen molar-refractivity contribution >= 4 is 40.6 Å². The summed E-state index contributed by atoms with van der Waals surface area (Å²) in [6, 6.07) is 0.993. The molecule has 1 heterocycles. The number of carboxylic acids is 2. The van der Waals surface area contributed by atoms with Crippen LogP contribution in [0.1, 0.15) is 18.9 Å². The Labute approximate surface area is 204 Å². The van der Waals surface area contributed by atoms with Crippen molar-refractivity contribution in [3.8, 4) is 0 Å². The molecule has 1 aromatic heterocycles. The average molecular weight is 508 g/mol. The van der Waals surface area contributed by atoms with Crippen LogP contribution in [0.2, 0.25) is 0 Å². The van der Waals surface area contributed by atoms with Crippen LogP contribution in [-0.4, -0.2) is 91.9 Å². The summed E-state index contributed by atoms with van der Waals surface area (Å²) in [7, 11) is 0. The highest BCUT2D eigenvalue weighted by Gasteiger charge is 2.33. The number of nitrogens with two attached hydrogens (primary N) is 1. The fraction of sp³-hybridized carbons (Fsp3) is 0.409. The zero-order valence-electron chi connectivity index (χ0n) is 19.3. The molecule has 0 spiro atoms. The zero-order valence-corrected chi connectivity index (χ0v) is 19.3. The molecule has 0 saturated carbocycles. The van der Waals surface area contributed by atoms with Gasteiger partial charge in [-0.3, -0.25) is 19.2 Å². The topological polar surface area (TPSA) is 244 Å². The lowest BCUT2D eigenvalue weighted by molar-refractivity contribution is -0.143. The number of rotatable bonds is 13. The molecule has 0 bridgehead atoms. The molecule has 14 nitrogen and oxygen atoms in total. The third-order valence-corrected chi connectivity index (χ3v) is 5.32. The van der Waals surface area contributed by atoms with E-state index >= 15 is 0 Å². The predicted molar refractivity (Wildman–Crippen MR) is 124 cm³/mol. The molecule has 2 aromatic rings. The molecule has 14 heteroatoms.